The lowest BCUT2D eigenvalue weighted by Crippen LogP contribution is -2.32. The van der Waals surface area contributed by atoms with Gasteiger partial charge in [0.05, 0.1) is 34.5 Å². The first kappa shape index (κ1) is 28.6. The summed E-state index contributed by atoms with van der Waals surface area (Å²) < 4.78 is 8.44. The Kier molecular flexibility index (Phi) is 8.46. The van der Waals surface area contributed by atoms with Gasteiger partial charge in [-0.15, -0.1) is 0 Å². The Bertz CT molecular complexity index is 1740. The van der Waals surface area contributed by atoms with Crippen molar-refractivity contribution in [2.75, 3.05) is 60.6 Å². The molecule has 0 unspecified atom stereocenters. The molecule has 1 aliphatic rings. The third-order valence-electron chi connectivity index (χ3n) is 6.99. The van der Waals surface area contributed by atoms with Gasteiger partial charge >= 0.3 is 0 Å². The number of anilines is 5. The average molecular weight is 665 g/mol. The summed E-state index contributed by atoms with van der Waals surface area (Å²) >= 11 is 5.62. The number of halogens is 1. The zero-order valence-electron chi connectivity index (χ0n) is 23.8. The van der Waals surface area contributed by atoms with Crippen molar-refractivity contribution < 1.29 is 4.74 Å². The number of benzene rings is 2. The van der Waals surface area contributed by atoms with Gasteiger partial charge in [0, 0.05) is 90.3 Å². The van der Waals surface area contributed by atoms with Gasteiger partial charge in [-0.2, -0.15) is 21.8 Å². The summed E-state index contributed by atoms with van der Waals surface area (Å²) in [5.41, 5.74) is 6.75. The minimum absolute atomic E-state index is 0.440. The van der Waals surface area contributed by atoms with E-state index in [1.807, 2.05) is 48.0 Å². The fraction of sp³-hybridized carbons (Fsp3) is 0.276. The van der Waals surface area contributed by atoms with E-state index in [1.54, 1.807) is 25.7 Å². The van der Waals surface area contributed by atoms with Gasteiger partial charge in [0.25, 0.3) is 0 Å². The minimum Gasteiger partial charge on any atom is -0.494 e. The Morgan fingerprint density at radius 2 is 1.81 bits per heavy atom. The summed E-state index contributed by atoms with van der Waals surface area (Å²) in [6.45, 7) is 6.40. The van der Waals surface area contributed by atoms with E-state index in [2.05, 4.69) is 77.0 Å². The highest BCUT2D eigenvalue weighted by molar-refractivity contribution is 9.10. The number of thioether (sulfide) groups is 1. The highest BCUT2D eigenvalue weighted by atomic mass is 79.9. The second-order valence-electron chi connectivity index (χ2n) is 9.99. The van der Waals surface area contributed by atoms with Crippen LogP contribution >= 0.6 is 35.6 Å². The first-order chi connectivity index (χ1) is 20.4. The van der Waals surface area contributed by atoms with Crippen molar-refractivity contribution in [3.05, 3.63) is 59.7 Å². The van der Waals surface area contributed by atoms with E-state index in [9.17, 15) is 0 Å². The quantitative estimate of drug-likeness (QED) is 0.192. The third-order valence-corrected chi connectivity index (χ3v) is 9.86. The zero-order valence-corrected chi connectivity index (χ0v) is 27.1. The molecule has 0 atom stereocenters. The molecule has 0 radical (unpaired) electrons. The molecule has 2 N–H and O–H groups in total. The van der Waals surface area contributed by atoms with Crippen molar-refractivity contribution in [2.45, 2.75) is 0 Å². The van der Waals surface area contributed by atoms with E-state index in [0.29, 0.717) is 11.8 Å². The number of hydrogen-bond donors (Lipinski definition) is 2. The van der Waals surface area contributed by atoms with E-state index in [0.717, 1.165) is 79.3 Å². The highest BCUT2D eigenvalue weighted by Gasteiger charge is 2.21. The largest absolute Gasteiger partial charge is 0.494 e. The van der Waals surface area contributed by atoms with E-state index in [4.69, 9.17) is 9.72 Å². The number of methoxy groups -OCH3 is 1. The average Bonchev–Trinajstić information content (AvgIpc) is 3.44. The number of aryl methyl sites for hydroxylation is 1. The summed E-state index contributed by atoms with van der Waals surface area (Å²) in [6, 6.07) is 8.23. The lowest BCUT2D eigenvalue weighted by atomic mass is 10.0. The van der Waals surface area contributed by atoms with Gasteiger partial charge < -0.3 is 20.3 Å². The van der Waals surface area contributed by atoms with Gasteiger partial charge in [0.15, 0.2) is 0 Å². The maximum atomic E-state index is 5.87. The lowest BCUT2D eigenvalue weighted by Gasteiger charge is -2.31. The normalized spacial score (nSPS) is 13.5. The molecule has 2 aromatic carbocycles. The monoisotopic (exact) mass is 663 g/mol. The molecule has 1 aliphatic heterocycles. The van der Waals surface area contributed by atoms with Crippen molar-refractivity contribution in [2.24, 2.45) is 7.05 Å². The summed E-state index contributed by atoms with van der Waals surface area (Å²) in [6.07, 6.45) is 9.13. The van der Waals surface area contributed by atoms with Crippen molar-refractivity contribution in [1.29, 1.82) is 0 Å². The Labute approximate surface area is 258 Å². The molecule has 0 amide bonds. The molecule has 42 heavy (non-hydrogen) atoms. The molecule has 4 heterocycles. The van der Waals surface area contributed by atoms with E-state index in [-0.39, 0.29) is 0 Å². The third kappa shape index (κ3) is 5.88. The van der Waals surface area contributed by atoms with Crippen molar-refractivity contribution >= 4 is 80.8 Å². The number of fused-ring (bicyclic) bond motifs is 1. The Morgan fingerprint density at radius 1 is 1.00 bits per heavy atom. The van der Waals surface area contributed by atoms with E-state index in [1.165, 1.54) is 0 Å². The van der Waals surface area contributed by atoms with Crippen LogP contribution in [0, 0.1) is 0 Å². The topological polar surface area (TPSA) is 106 Å². The molecule has 216 valence electrons. The summed E-state index contributed by atoms with van der Waals surface area (Å²) in [7, 11) is 3.14. The van der Waals surface area contributed by atoms with Gasteiger partial charge in [-0.25, -0.2) is 4.98 Å². The summed E-state index contributed by atoms with van der Waals surface area (Å²) in [5, 5.41) is 12.5. The molecule has 0 aliphatic carbocycles. The molecule has 10 nitrogen and oxygen atoms in total. The molecule has 1 saturated heterocycles. The molecule has 0 spiro atoms. The minimum atomic E-state index is -0.477. The second kappa shape index (κ2) is 12.4. The fourth-order valence-electron chi connectivity index (χ4n) is 5.03. The Morgan fingerprint density at radius 3 is 2.55 bits per heavy atom. The number of nitrogens with zero attached hydrogens (tertiary/aromatic N) is 7. The van der Waals surface area contributed by atoms with Crippen LogP contribution in [0.3, 0.4) is 0 Å². The van der Waals surface area contributed by atoms with Crippen LogP contribution < -0.4 is 25.6 Å². The van der Waals surface area contributed by atoms with Crippen molar-refractivity contribution in [3.8, 4) is 16.9 Å². The maximum absolute atomic E-state index is 5.87. The zero-order chi connectivity index (χ0) is 29.2. The molecule has 0 bridgehead atoms. The van der Waals surface area contributed by atoms with E-state index >= 15 is 0 Å². The van der Waals surface area contributed by atoms with Crippen molar-refractivity contribution in [3.63, 3.8) is 0 Å². The molecule has 1 fully saturated rings. The van der Waals surface area contributed by atoms with Crippen LogP contribution in [-0.2, 0) is 7.05 Å². The first-order valence-corrected chi connectivity index (χ1v) is 17.6. The molecule has 3 aromatic heterocycles. The summed E-state index contributed by atoms with van der Waals surface area (Å²) in [4.78, 5) is 20.9. The van der Waals surface area contributed by atoms with Gasteiger partial charge in [-0.05, 0) is 47.5 Å². The van der Waals surface area contributed by atoms with Gasteiger partial charge in [-0.1, -0.05) is 7.92 Å². The van der Waals surface area contributed by atoms with Gasteiger partial charge in [-0.3, -0.25) is 14.6 Å². The lowest BCUT2D eigenvalue weighted by molar-refractivity contribution is 0.417. The number of aromatic nitrogens is 6. The van der Waals surface area contributed by atoms with E-state index < -0.39 is 7.92 Å². The molecular weight excluding hydrogens is 633 g/mol. The van der Waals surface area contributed by atoms with Crippen LogP contribution in [0.15, 0.2) is 59.7 Å². The van der Waals surface area contributed by atoms with Crippen LogP contribution in [0.25, 0.3) is 22.2 Å². The standard InChI is InChI=1S/C29H31BrN9OPS/c1-38-17-18(15-34-38)19-13-23(25(40-2)14-24(19)39-9-11-42-12-10-39)36-29-33-16-20(30)28(37-29)35-22-6-5-21-26(27(22)41(3)4)32-8-7-31-21/h5-8,13-17H,9-12H2,1-4H3,(H2,33,35,36,37). The molecular formula is C29H31BrN9OPS. The smallest absolute Gasteiger partial charge is 0.229 e. The number of rotatable bonds is 8. The van der Waals surface area contributed by atoms with Crippen LogP contribution in [0.5, 0.6) is 5.75 Å². The number of ether oxygens (including phenoxy) is 1. The second-order valence-corrected chi connectivity index (χ2v) is 14.3. The van der Waals surface area contributed by atoms with Crippen LogP contribution in [0.1, 0.15) is 0 Å². The van der Waals surface area contributed by atoms with Crippen molar-refractivity contribution in [1.82, 2.24) is 29.7 Å². The predicted molar refractivity (Wildman–Crippen MR) is 179 cm³/mol. The highest BCUT2D eigenvalue weighted by Crippen LogP contribution is 2.41. The molecule has 13 heteroatoms. The van der Waals surface area contributed by atoms with Crippen LogP contribution in [-0.4, -0.2) is 74.8 Å². The fourth-order valence-corrected chi connectivity index (χ4v) is 7.43. The SMILES string of the molecule is COc1cc(N2CCSCC2)c(-c2cnn(C)c2)cc1Nc1ncc(Br)c(Nc2ccc3nccnc3c2P(C)C)n1. The molecule has 0 saturated carbocycles. The molecule has 5 aromatic rings. The Balaban J connectivity index is 1.37. The number of nitrogens with one attached hydrogen (secondary N) is 2. The number of hydrogen-bond acceptors (Lipinski definition) is 10. The van der Waals surface area contributed by atoms with Gasteiger partial charge in [0.1, 0.15) is 11.6 Å². The Hall–Kier alpha value is -3.47. The summed E-state index contributed by atoms with van der Waals surface area (Å²) in [5.74, 6) is 4.00. The van der Waals surface area contributed by atoms with Crippen LogP contribution in [0.2, 0.25) is 0 Å². The van der Waals surface area contributed by atoms with Crippen LogP contribution in [0.4, 0.5) is 28.8 Å². The maximum Gasteiger partial charge on any atom is 0.229 e. The van der Waals surface area contributed by atoms with Gasteiger partial charge in [0.2, 0.25) is 5.95 Å². The predicted octanol–water partition coefficient (Wildman–Crippen LogP) is 6.00. The first-order valence-electron chi connectivity index (χ1n) is 13.4. The molecule has 6 rings (SSSR count).